The van der Waals surface area contributed by atoms with Crippen molar-refractivity contribution < 1.29 is 9.21 Å². The predicted molar refractivity (Wildman–Crippen MR) is 112 cm³/mol. The van der Waals surface area contributed by atoms with Gasteiger partial charge in [0.1, 0.15) is 0 Å². The summed E-state index contributed by atoms with van der Waals surface area (Å²) in [6.45, 7) is 6.99. The third kappa shape index (κ3) is 4.18. The first-order valence-electron chi connectivity index (χ1n) is 9.58. The van der Waals surface area contributed by atoms with E-state index in [2.05, 4.69) is 17.1 Å². The number of hydrogen-bond donors (Lipinski definition) is 1. The number of carbonyl (C=O) groups excluding carboxylic acids is 1. The lowest BCUT2D eigenvalue weighted by atomic mass is 10.0. The summed E-state index contributed by atoms with van der Waals surface area (Å²) in [5, 5.41) is 3.44. The predicted octanol–water partition coefficient (Wildman–Crippen LogP) is 2.81. The summed E-state index contributed by atoms with van der Waals surface area (Å²) in [7, 11) is 0. The Morgan fingerprint density at radius 2 is 1.96 bits per heavy atom. The van der Waals surface area contributed by atoms with E-state index in [9.17, 15) is 4.79 Å². The average molecular weight is 472 g/mol. The number of hydrogen-bond acceptors (Lipinski definition) is 3. The monoisotopic (exact) mass is 472 g/mol. The van der Waals surface area contributed by atoms with Gasteiger partial charge in [0.2, 0.25) is 0 Å². The van der Waals surface area contributed by atoms with Crippen LogP contribution in [0.25, 0.3) is 0 Å². The Balaban J connectivity index is 0.00000196. The minimum atomic E-state index is -0.0164. The zero-order valence-electron chi connectivity index (χ0n) is 15.4. The Kier molecular flexibility index (Phi) is 6.14. The average Bonchev–Trinajstić information content (AvgIpc) is 3.56. The summed E-state index contributed by atoms with van der Waals surface area (Å²) in [5.74, 6) is 2.35. The Bertz CT molecular complexity index is 630. The molecule has 1 amide bonds. The standard InChI is InChI=1S/C19H28N4O2.HI/c1-2-20-18(21-14-19(7-8-19)15-5-6-15)23-11-9-22(10-12-23)17(24)16-4-3-13-25-16;/h3-4,13,15H,2,5-12,14H2,1H3,(H,20,21);1H. The minimum absolute atomic E-state index is 0. The first kappa shape index (κ1) is 19.5. The van der Waals surface area contributed by atoms with E-state index >= 15 is 0 Å². The number of amides is 1. The summed E-state index contributed by atoms with van der Waals surface area (Å²) in [5.41, 5.74) is 0.526. The van der Waals surface area contributed by atoms with Gasteiger partial charge in [0.25, 0.3) is 5.91 Å². The Hall–Kier alpha value is -1.25. The fourth-order valence-corrected chi connectivity index (χ4v) is 3.89. The van der Waals surface area contributed by atoms with E-state index in [1.54, 1.807) is 18.4 Å². The van der Waals surface area contributed by atoms with Gasteiger partial charge in [0.05, 0.1) is 6.26 Å². The second-order valence-corrected chi connectivity index (χ2v) is 7.56. The SMILES string of the molecule is CCNC(=NCC1(C2CC2)CC1)N1CCN(C(=O)c2ccco2)CC1.I. The summed E-state index contributed by atoms with van der Waals surface area (Å²) < 4.78 is 5.23. The van der Waals surface area contributed by atoms with Crippen LogP contribution in [0, 0.1) is 11.3 Å². The maximum absolute atomic E-state index is 12.4. The number of nitrogens with zero attached hydrogens (tertiary/aromatic N) is 3. The van der Waals surface area contributed by atoms with Gasteiger partial charge in [-0.05, 0) is 56.1 Å². The molecule has 0 radical (unpaired) electrons. The maximum atomic E-state index is 12.4. The van der Waals surface area contributed by atoms with Crippen molar-refractivity contribution in [3.05, 3.63) is 24.2 Å². The van der Waals surface area contributed by atoms with Crippen LogP contribution >= 0.6 is 24.0 Å². The molecule has 1 aromatic rings. The summed E-state index contributed by atoms with van der Waals surface area (Å²) in [6.07, 6.45) is 7.06. The smallest absolute Gasteiger partial charge is 0.289 e. The molecule has 144 valence electrons. The van der Waals surface area contributed by atoms with Crippen LogP contribution in [0.1, 0.15) is 43.2 Å². The highest BCUT2D eigenvalue weighted by molar-refractivity contribution is 14.0. The van der Waals surface area contributed by atoms with Crippen LogP contribution in [-0.2, 0) is 0 Å². The molecule has 2 heterocycles. The maximum Gasteiger partial charge on any atom is 0.289 e. The topological polar surface area (TPSA) is 61.1 Å². The van der Waals surface area contributed by atoms with Crippen LogP contribution in [0.4, 0.5) is 0 Å². The quantitative estimate of drug-likeness (QED) is 0.407. The fraction of sp³-hybridized carbons (Fsp3) is 0.684. The third-order valence-corrected chi connectivity index (χ3v) is 5.81. The van der Waals surface area contributed by atoms with Crippen LogP contribution < -0.4 is 5.32 Å². The highest BCUT2D eigenvalue weighted by Gasteiger charge is 2.53. The van der Waals surface area contributed by atoms with Crippen molar-refractivity contribution in [2.75, 3.05) is 39.3 Å². The summed E-state index contributed by atoms with van der Waals surface area (Å²) in [4.78, 5) is 21.5. The second kappa shape index (κ2) is 8.19. The van der Waals surface area contributed by atoms with Gasteiger partial charge in [-0.15, -0.1) is 24.0 Å². The third-order valence-electron chi connectivity index (χ3n) is 5.81. The van der Waals surface area contributed by atoms with Gasteiger partial charge >= 0.3 is 0 Å². The number of nitrogens with one attached hydrogen (secondary N) is 1. The summed E-state index contributed by atoms with van der Waals surface area (Å²) in [6, 6.07) is 3.49. The second-order valence-electron chi connectivity index (χ2n) is 7.56. The molecule has 7 heteroatoms. The minimum Gasteiger partial charge on any atom is -0.459 e. The molecule has 1 aliphatic heterocycles. The van der Waals surface area contributed by atoms with Crippen molar-refractivity contribution in [2.24, 2.45) is 16.3 Å². The van der Waals surface area contributed by atoms with E-state index in [0.29, 0.717) is 24.3 Å². The van der Waals surface area contributed by atoms with E-state index in [0.717, 1.165) is 38.1 Å². The Morgan fingerprint density at radius 1 is 1.27 bits per heavy atom. The molecule has 0 unspecified atom stereocenters. The molecule has 0 aromatic carbocycles. The molecule has 1 aromatic heterocycles. The van der Waals surface area contributed by atoms with Crippen molar-refractivity contribution in [3.8, 4) is 0 Å². The molecule has 0 atom stereocenters. The Labute approximate surface area is 172 Å². The van der Waals surface area contributed by atoms with Gasteiger partial charge < -0.3 is 19.5 Å². The first-order chi connectivity index (χ1) is 12.2. The molecular weight excluding hydrogens is 443 g/mol. The highest BCUT2D eigenvalue weighted by Crippen LogP contribution is 2.61. The molecule has 26 heavy (non-hydrogen) atoms. The lowest BCUT2D eigenvalue weighted by Crippen LogP contribution is -2.53. The van der Waals surface area contributed by atoms with Crippen molar-refractivity contribution in [2.45, 2.75) is 32.6 Å². The van der Waals surface area contributed by atoms with Gasteiger partial charge in [0, 0.05) is 39.3 Å². The molecular formula is C19H29IN4O2. The largest absolute Gasteiger partial charge is 0.459 e. The van der Waals surface area contributed by atoms with Gasteiger partial charge in [-0.1, -0.05) is 0 Å². The molecule has 3 fully saturated rings. The molecule has 0 bridgehead atoms. The molecule has 4 rings (SSSR count). The number of halogens is 1. The zero-order chi connectivity index (χ0) is 17.3. The van der Waals surface area contributed by atoms with E-state index in [1.165, 1.54) is 25.7 Å². The van der Waals surface area contributed by atoms with Gasteiger partial charge in [0.15, 0.2) is 11.7 Å². The van der Waals surface area contributed by atoms with E-state index in [1.807, 2.05) is 4.90 Å². The molecule has 2 saturated carbocycles. The first-order valence-corrected chi connectivity index (χ1v) is 9.58. The van der Waals surface area contributed by atoms with Crippen molar-refractivity contribution in [3.63, 3.8) is 0 Å². The van der Waals surface area contributed by atoms with E-state index in [-0.39, 0.29) is 29.9 Å². The van der Waals surface area contributed by atoms with Gasteiger partial charge in [-0.25, -0.2) is 0 Å². The van der Waals surface area contributed by atoms with Crippen LogP contribution in [0.3, 0.4) is 0 Å². The van der Waals surface area contributed by atoms with Gasteiger partial charge in [-0.2, -0.15) is 0 Å². The van der Waals surface area contributed by atoms with Gasteiger partial charge in [-0.3, -0.25) is 9.79 Å². The van der Waals surface area contributed by atoms with Crippen LogP contribution in [0.2, 0.25) is 0 Å². The molecule has 0 spiro atoms. The normalized spacial score (nSPS) is 22.0. The molecule has 1 saturated heterocycles. The highest BCUT2D eigenvalue weighted by atomic mass is 127. The summed E-state index contributed by atoms with van der Waals surface area (Å²) >= 11 is 0. The zero-order valence-corrected chi connectivity index (χ0v) is 17.8. The number of carbonyl (C=O) groups is 1. The van der Waals surface area contributed by atoms with E-state index < -0.39 is 0 Å². The van der Waals surface area contributed by atoms with Crippen LogP contribution in [-0.4, -0.2) is 60.9 Å². The fourth-order valence-electron chi connectivity index (χ4n) is 3.89. The molecule has 3 aliphatic rings. The molecule has 1 N–H and O–H groups in total. The Morgan fingerprint density at radius 3 is 2.50 bits per heavy atom. The van der Waals surface area contributed by atoms with Crippen LogP contribution in [0.15, 0.2) is 27.8 Å². The van der Waals surface area contributed by atoms with Crippen LogP contribution in [0.5, 0.6) is 0 Å². The number of aliphatic imine (C=N–C) groups is 1. The number of furan rings is 1. The number of rotatable bonds is 5. The van der Waals surface area contributed by atoms with E-state index in [4.69, 9.17) is 9.41 Å². The van der Waals surface area contributed by atoms with Crippen molar-refractivity contribution in [1.29, 1.82) is 0 Å². The molecule has 2 aliphatic carbocycles. The van der Waals surface area contributed by atoms with Crippen molar-refractivity contribution in [1.82, 2.24) is 15.1 Å². The lowest BCUT2D eigenvalue weighted by Gasteiger charge is -2.36. The van der Waals surface area contributed by atoms with Crippen molar-refractivity contribution >= 4 is 35.8 Å². The number of guanidine groups is 1. The number of piperazine rings is 1. The lowest BCUT2D eigenvalue weighted by molar-refractivity contribution is 0.0657. The molecule has 6 nitrogen and oxygen atoms in total.